The summed E-state index contributed by atoms with van der Waals surface area (Å²) in [5, 5.41) is 31.0. The Morgan fingerprint density at radius 3 is 1.44 bits per heavy atom. The monoisotopic (exact) mass is 1620 g/mol. The van der Waals surface area contributed by atoms with Crippen LogP contribution in [0.5, 0.6) is 12.0 Å². The molecule has 5 aromatic carbocycles. The second-order valence-electron chi connectivity index (χ2n) is 26.4. The number of aromatic amines is 2. The number of imidazole rings is 3. The predicted octanol–water partition coefficient (Wildman–Crippen LogP) is 16.4. The number of carbonyl (C=O) groups excluding carboxylic acids is 4. The van der Waals surface area contributed by atoms with Gasteiger partial charge in [0.2, 0.25) is 5.78 Å². The van der Waals surface area contributed by atoms with Crippen molar-refractivity contribution in [1.29, 1.82) is 0 Å². The first-order valence-corrected chi connectivity index (χ1v) is 34.7. The van der Waals surface area contributed by atoms with Gasteiger partial charge in [-0.05, 0) is 178 Å². The number of H-pyrrole nitrogens is 2. The lowest BCUT2D eigenvalue weighted by Gasteiger charge is -2.30. The minimum Gasteiger partial charge on any atom is -0.465 e. The van der Waals surface area contributed by atoms with Crippen molar-refractivity contribution in [3.05, 3.63) is 240 Å². The molecular formula is C78H74BrF6N15O13. The van der Waals surface area contributed by atoms with Crippen LogP contribution in [0.3, 0.4) is 0 Å². The highest BCUT2D eigenvalue weighted by atomic mass is 79.9. The summed E-state index contributed by atoms with van der Waals surface area (Å²) in [6.07, 6.45) is 10.6. The van der Waals surface area contributed by atoms with Gasteiger partial charge in [0.05, 0.1) is 86.0 Å². The van der Waals surface area contributed by atoms with Crippen molar-refractivity contribution in [2.45, 2.75) is 121 Å². The minimum absolute atomic E-state index is 0. The summed E-state index contributed by atoms with van der Waals surface area (Å²) >= 11 is 2.60. The second kappa shape index (κ2) is 35.0. The molecule has 0 fully saturated rings. The largest absolute Gasteiger partial charge is 0.465 e. The third kappa shape index (κ3) is 18.6. The van der Waals surface area contributed by atoms with Crippen LogP contribution < -0.4 is 15.2 Å². The smallest absolute Gasteiger partial charge is 0.423 e. The average Bonchev–Trinajstić information content (AvgIpc) is 1.72. The van der Waals surface area contributed by atoms with Crippen LogP contribution in [-0.4, -0.2) is 128 Å². The fraction of sp³-hybridized carbons (Fsp3) is 0.256. The number of rotatable bonds is 13. The van der Waals surface area contributed by atoms with E-state index in [0.717, 1.165) is 11.8 Å². The number of ketones is 1. The molecule has 9 aromatic heterocycles. The molecule has 0 aliphatic heterocycles. The zero-order valence-corrected chi connectivity index (χ0v) is 63.9. The van der Waals surface area contributed by atoms with Crippen LogP contribution >= 0.6 is 15.9 Å². The van der Waals surface area contributed by atoms with E-state index in [-0.39, 0.29) is 69.6 Å². The molecule has 0 spiro atoms. The number of halogens is 7. The van der Waals surface area contributed by atoms with Crippen molar-refractivity contribution in [3.8, 4) is 45.4 Å². The van der Waals surface area contributed by atoms with E-state index in [9.17, 15) is 46.6 Å². The van der Waals surface area contributed by atoms with Crippen LogP contribution in [0.1, 0.15) is 140 Å². The van der Waals surface area contributed by atoms with E-state index in [1.807, 2.05) is 19.1 Å². The lowest BCUT2D eigenvalue weighted by molar-refractivity contribution is 0.0515. The molecule has 1 atom stereocenters. The number of aromatic nitrogens is 15. The van der Waals surface area contributed by atoms with Gasteiger partial charge in [-0.25, -0.2) is 45.7 Å². The molecule has 113 heavy (non-hydrogen) atoms. The van der Waals surface area contributed by atoms with Crippen molar-refractivity contribution >= 4 is 73.3 Å². The van der Waals surface area contributed by atoms with Gasteiger partial charge in [-0.3, -0.25) is 24.5 Å². The van der Waals surface area contributed by atoms with Crippen molar-refractivity contribution in [1.82, 2.24) is 74.7 Å². The molecule has 0 saturated carbocycles. The number of hydrogen-bond acceptors (Lipinski definition) is 24. The van der Waals surface area contributed by atoms with E-state index in [0.29, 0.717) is 121 Å². The van der Waals surface area contributed by atoms with Crippen LogP contribution in [0, 0.1) is 76.4 Å². The number of nitrogens with one attached hydrogen (secondary N) is 2. The lowest BCUT2D eigenvalue weighted by atomic mass is 9.81. The van der Waals surface area contributed by atoms with Crippen LogP contribution in [0.4, 0.5) is 35.9 Å². The summed E-state index contributed by atoms with van der Waals surface area (Å²) in [5.41, 5.74) is 2.11. The van der Waals surface area contributed by atoms with Crippen LogP contribution in [0.2, 0.25) is 0 Å². The SMILES string of the molecule is C.CCOc1nc2c(C(=O)c3cnccn3)cc(-c3c(C)noc3C)cc2n1C(=O)OC(C)(C)C.CCOc1nc2c(C=O)cc(-c3c(C)noc3C)cc2n1C(=O)OC(C)(C)C.Cc1noc(C)c1-c1cc(C(O)(c2cnccn2)c2c(F)cc(F)cc2F)c2[nH]c(=O)[nH]c2c1.Fc1cc(F)c(Br)c(F)c1.c1ccnnc1. The molecule has 0 radical (unpaired) electrons. The van der Waals surface area contributed by atoms with Crippen molar-refractivity contribution < 1.29 is 83.1 Å². The van der Waals surface area contributed by atoms with E-state index < -0.39 is 80.9 Å². The predicted molar refractivity (Wildman–Crippen MR) is 403 cm³/mol. The van der Waals surface area contributed by atoms with E-state index in [1.165, 1.54) is 46.2 Å². The summed E-state index contributed by atoms with van der Waals surface area (Å²) in [5.74, 6) is -5.41. The molecule has 0 bridgehead atoms. The zero-order valence-electron chi connectivity index (χ0n) is 62.3. The van der Waals surface area contributed by atoms with E-state index in [1.54, 1.807) is 133 Å². The van der Waals surface area contributed by atoms with Crippen LogP contribution in [-0.2, 0) is 15.1 Å². The molecule has 588 valence electrons. The number of aryl methyl sites for hydroxylation is 6. The Balaban J connectivity index is 0.000000176. The molecule has 35 heteroatoms. The van der Waals surface area contributed by atoms with Gasteiger partial charge in [0.25, 0.3) is 0 Å². The first-order chi connectivity index (χ1) is 53.1. The first kappa shape index (κ1) is 84.1. The number of hydrogen-bond donors (Lipinski definition) is 3. The highest BCUT2D eigenvalue weighted by molar-refractivity contribution is 9.10. The summed E-state index contributed by atoms with van der Waals surface area (Å²) in [4.78, 5) is 93.6. The molecule has 28 nitrogen and oxygen atoms in total. The first-order valence-electron chi connectivity index (χ1n) is 33.9. The molecule has 0 saturated heterocycles. The summed E-state index contributed by atoms with van der Waals surface area (Å²) < 4.78 is 121. The Bertz CT molecular complexity index is 5750. The Kier molecular flexibility index (Phi) is 26.0. The lowest BCUT2D eigenvalue weighted by Crippen LogP contribution is -2.33. The molecular weight excluding hydrogens is 1550 g/mol. The van der Waals surface area contributed by atoms with Gasteiger partial charge in [-0.15, -0.1) is 0 Å². The maximum Gasteiger partial charge on any atom is 0.423 e. The summed E-state index contributed by atoms with van der Waals surface area (Å²) in [6.45, 7) is 25.3. The van der Waals surface area contributed by atoms with Crippen molar-refractivity contribution in [2.24, 2.45) is 0 Å². The molecule has 9 heterocycles. The number of nitrogens with zero attached hydrogens (tertiary/aromatic N) is 13. The third-order valence-corrected chi connectivity index (χ3v) is 16.8. The van der Waals surface area contributed by atoms with E-state index >= 15 is 8.78 Å². The minimum atomic E-state index is -2.62. The van der Waals surface area contributed by atoms with Gasteiger partial charge in [-0.2, -0.15) is 29.3 Å². The Hall–Kier alpha value is -12.9. The Morgan fingerprint density at radius 2 is 1.03 bits per heavy atom. The normalized spacial score (nSPS) is 11.7. The number of fused-ring (bicyclic) bond motifs is 3. The van der Waals surface area contributed by atoms with Gasteiger partial charge in [0.1, 0.15) is 80.1 Å². The molecule has 14 rings (SSSR count). The fourth-order valence-corrected chi connectivity index (χ4v) is 11.9. The molecule has 0 aliphatic carbocycles. The quantitative estimate of drug-likeness (QED) is 0.0317. The number of aldehydes is 1. The van der Waals surface area contributed by atoms with Gasteiger partial charge in [0, 0.05) is 89.3 Å². The Labute approximate surface area is 648 Å². The number of aliphatic hydroxyl groups is 1. The molecule has 0 aliphatic rings. The van der Waals surface area contributed by atoms with Crippen molar-refractivity contribution in [2.75, 3.05) is 13.2 Å². The third-order valence-electron chi connectivity index (χ3n) is 16.1. The maximum absolute atomic E-state index is 15.1. The number of carbonyl (C=O) groups is 4. The molecule has 1 unspecified atom stereocenters. The zero-order chi connectivity index (χ0) is 81.4. The van der Waals surface area contributed by atoms with Gasteiger partial charge in [-0.1, -0.05) is 22.9 Å². The average molecular weight is 1620 g/mol. The van der Waals surface area contributed by atoms with E-state index in [4.69, 9.17) is 32.5 Å². The molecule has 3 N–H and O–H groups in total. The van der Waals surface area contributed by atoms with Crippen LogP contribution in [0.25, 0.3) is 66.5 Å². The topological polar surface area (TPSA) is 365 Å². The molecule has 0 amide bonds. The van der Waals surface area contributed by atoms with E-state index in [2.05, 4.69) is 81.5 Å². The van der Waals surface area contributed by atoms with Gasteiger partial charge < -0.3 is 47.6 Å². The highest BCUT2D eigenvalue weighted by Crippen LogP contribution is 2.44. The van der Waals surface area contributed by atoms with Gasteiger partial charge in [0.15, 0.2) is 11.9 Å². The highest BCUT2D eigenvalue weighted by Gasteiger charge is 2.44. The van der Waals surface area contributed by atoms with Crippen LogP contribution in [0.15, 0.2) is 145 Å². The van der Waals surface area contributed by atoms with Gasteiger partial charge >= 0.3 is 29.9 Å². The fourth-order valence-electron chi connectivity index (χ4n) is 11.7. The second-order valence-corrected chi connectivity index (χ2v) is 27.2. The number of benzene rings is 5. The standard InChI is InChI=1S/C24H25N5O5.C23H16F3N5O3.C20H23N3O5.C6H2BrF3.C4H4N2.CH4/c1-7-32-22-27-20-16(21(30)17-12-25-8-9-26-17)10-15(19-13(2)28-34-14(19)3)11-18(20)29(22)23(31)33-24(4,5)6;1-10-19(11(2)34-31-10)12-5-14(21-17(6-12)29-22(32)30-21)23(33,18-9-27-3-4-28-18)20-15(25)7-13(24)8-16(20)26;1-7-26-18-21-17-14(10-24)8-13(16-11(2)22-28-12(16)3)9-15(17)23(18)19(25)27-20(4,5)6;7-6-4(9)1-3(8)2-5(6)10;1-2-4-6-5-3-1;/h8-12H,7H2,1-6H3;3-9,33H,1-2H3,(H2,29,30,32);8-10H,7H2,1-6H3;1-2H;1-4H;1H4. The molecule has 14 aromatic rings. The van der Waals surface area contributed by atoms with Crippen molar-refractivity contribution in [3.63, 3.8) is 0 Å². The number of ether oxygens (including phenoxy) is 4. The summed E-state index contributed by atoms with van der Waals surface area (Å²) in [7, 11) is 0. The Morgan fingerprint density at radius 1 is 0.575 bits per heavy atom. The maximum atomic E-state index is 15.1. The summed E-state index contributed by atoms with van der Waals surface area (Å²) in [6, 6.07) is 15.8.